The van der Waals surface area contributed by atoms with Gasteiger partial charge in [0.15, 0.2) is 17.0 Å². The van der Waals surface area contributed by atoms with Crippen molar-refractivity contribution in [2.24, 2.45) is 5.92 Å². The molecular formula is C20H28N6O2. The quantitative estimate of drug-likeness (QED) is 0.783. The fourth-order valence-corrected chi connectivity index (χ4v) is 4.74. The summed E-state index contributed by atoms with van der Waals surface area (Å²) in [5.41, 5.74) is 1.89. The minimum Gasteiger partial charge on any atom is -0.378 e. The van der Waals surface area contributed by atoms with Crippen LogP contribution in [-0.4, -0.2) is 69.7 Å². The van der Waals surface area contributed by atoms with Gasteiger partial charge in [-0.2, -0.15) is 0 Å². The van der Waals surface area contributed by atoms with Gasteiger partial charge in [0.2, 0.25) is 5.91 Å². The standard InChI is InChI=1S/C20H28N6O2/c27-20(25-10-12-28-13-11-25)15-5-8-24(9-6-15)18-17-19(22-14-21-18)26-7-3-1-2-4-16(26)23-17/h14-15H,1-13H2. The van der Waals surface area contributed by atoms with Crippen LogP contribution in [0.1, 0.15) is 37.9 Å². The summed E-state index contributed by atoms with van der Waals surface area (Å²) in [6.45, 7) is 5.46. The third kappa shape index (κ3) is 3.23. The summed E-state index contributed by atoms with van der Waals surface area (Å²) in [7, 11) is 0. The summed E-state index contributed by atoms with van der Waals surface area (Å²) in [6, 6.07) is 0. The van der Waals surface area contributed by atoms with Crippen LogP contribution in [0.5, 0.6) is 0 Å². The number of aromatic nitrogens is 4. The Morgan fingerprint density at radius 3 is 2.64 bits per heavy atom. The molecule has 2 aromatic rings. The van der Waals surface area contributed by atoms with Crippen LogP contribution in [0.4, 0.5) is 5.82 Å². The number of morpholine rings is 1. The zero-order chi connectivity index (χ0) is 18.9. The van der Waals surface area contributed by atoms with E-state index < -0.39 is 0 Å². The average molecular weight is 384 g/mol. The summed E-state index contributed by atoms with van der Waals surface area (Å²) in [5, 5.41) is 0. The number of carbonyl (C=O) groups excluding carboxylic acids is 1. The van der Waals surface area contributed by atoms with E-state index in [1.165, 1.54) is 19.3 Å². The molecule has 0 saturated carbocycles. The lowest BCUT2D eigenvalue weighted by atomic mass is 9.95. The van der Waals surface area contributed by atoms with Gasteiger partial charge >= 0.3 is 0 Å². The number of carbonyl (C=O) groups is 1. The molecule has 0 N–H and O–H groups in total. The second-order valence-corrected chi connectivity index (χ2v) is 8.06. The first kappa shape index (κ1) is 17.8. The topological polar surface area (TPSA) is 76.4 Å². The smallest absolute Gasteiger partial charge is 0.225 e. The van der Waals surface area contributed by atoms with Gasteiger partial charge in [0.1, 0.15) is 12.2 Å². The molecule has 0 radical (unpaired) electrons. The summed E-state index contributed by atoms with van der Waals surface area (Å²) < 4.78 is 7.65. The lowest BCUT2D eigenvalue weighted by Gasteiger charge is -2.35. The minimum atomic E-state index is 0.116. The number of hydrogen-bond acceptors (Lipinski definition) is 6. The Morgan fingerprint density at radius 2 is 1.82 bits per heavy atom. The largest absolute Gasteiger partial charge is 0.378 e. The molecule has 0 bridgehead atoms. The first-order chi connectivity index (χ1) is 13.8. The third-order valence-corrected chi connectivity index (χ3v) is 6.34. The second kappa shape index (κ2) is 7.66. The van der Waals surface area contributed by atoms with Crippen molar-refractivity contribution in [2.45, 2.75) is 45.1 Å². The summed E-state index contributed by atoms with van der Waals surface area (Å²) in [5.74, 6) is 2.49. The van der Waals surface area contributed by atoms with Crippen molar-refractivity contribution in [3.63, 3.8) is 0 Å². The highest BCUT2D eigenvalue weighted by atomic mass is 16.5. The predicted octanol–water partition coefficient (Wildman–Crippen LogP) is 1.63. The highest BCUT2D eigenvalue weighted by molar-refractivity contribution is 5.84. The molecule has 2 aromatic heterocycles. The number of hydrogen-bond donors (Lipinski definition) is 0. The van der Waals surface area contributed by atoms with Crippen LogP contribution in [-0.2, 0) is 22.5 Å². The molecular weight excluding hydrogens is 356 g/mol. The number of amides is 1. The molecule has 0 unspecified atom stereocenters. The fourth-order valence-electron chi connectivity index (χ4n) is 4.74. The average Bonchev–Trinajstić information content (AvgIpc) is 2.95. The van der Waals surface area contributed by atoms with E-state index in [0.29, 0.717) is 19.1 Å². The van der Waals surface area contributed by atoms with E-state index in [0.717, 1.165) is 74.8 Å². The Morgan fingerprint density at radius 1 is 1.00 bits per heavy atom. The summed E-state index contributed by atoms with van der Waals surface area (Å²) in [6.07, 6.45) is 8.07. The van der Waals surface area contributed by atoms with E-state index in [1.54, 1.807) is 6.33 Å². The number of rotatable bonds is 2. The van der Waals surface area contributed by atoms with Crippen molar-refractivity contribution >= 4 is 22.9 Å². The van der Waals surface area contributed by atoms with E-state index in [1.807, 2.05) is 4.90 Å². The first-order valence-corrected chi connectivity index (χ1v) is 10.6. The van der Waals surface area contributed by atoms with Gasteiger partial charge in [-0.15, -0.1) is 0 Å². The van der Waals surface area contributed by atoms with Gasteiger partial charge in [0.05, 0.1) is 13.2 Å². The molecule has 0 atom stereocenters. The maximum Gasteiger partial charge on any atom is 0.225 e. The van der Waals surface area contributed by atoms with Gasteiger partial charge in [-0.1, -0.05) is 6.42 Å². The number of anilines is 1. The predicted molar refractivity (Wildman–Crippen MR) is 105 cm³/mol. The number of ether oxygens (including phenoxy) is 1. The molecule has 5 heterocycles. The Labute approximate surface area is 164 Å². The minimum absolute atomic E-state index is 0.116. The maximum absolute atomic E-state index is 12.8. The van der Waals surface area contributed by atoms with Gasteiger partial charge < -0.3 is 19.1 Å². The van der Waals surface area contributed by atoms with Crippen LogP contribution in [0.25, 0.3) is 11.2 Å². The Balaban J connectivity index is 1.32. The van der Waals surface area contributed by atoms with Crippen molar-refractivity contribution in [3.8, 4) is 0 Å². The van der Waals surface area contributed by atoms with Crippen LogP contribution < -0.4 is 4.90 Å². The molecule has 0 spiro atoms. The van der Waals surface area contributed by atoms with Crippen molar-refractivity contribution in [3.05, 3.63) is 12.2 Å². The van der Waals surface area contributed by atoms with Crippen LogP contribution in [0.2, 0.25) is 0 Å². The molecule has 3 aliphatic heterocycles. The first-order valence-electron chi connectivity index (χ1n) is 10.6. The summed E-state index contributed by atoms with van der Waals surface area (Å²) >= 11 is 0. The van der Waals surface area contributed by atoms with E-state index in [9.17, 15) is 4.79 Å². The lowest BCUT2D eigenvalue weighted by molar-refractivity contribution is -0.140. The van der Waals surface area contributed by atoms with Gasteiger partial charge in [-0.05, 0) is 25.7 Å². The molecule has 3 aliphatic rings. The number of aryl methyl sites for hydroxylation is 2. The molecule has 5 rings (SSSR count). The van der Waals surface area contributed by atoms with Gasteiger partial charge in [-0.3, -0.25) is 4.79 Å². The molecule has 28 heavy (non-hydrogen) atoms. The number of imidazole rings is 1. The zero-order valence-corrected chi connectivity index (χ0v) is 16.3. The SMILES string of the molecule is O=C(C1CCN(c2ncnc3c2nc2n3CCCCC2)CC1)N1CCOCC1. The Bertz CT molecular complexity index is 852. The zero-order valence-electron chi connectivity index (χ0n) is 16.3. The third-order valence-electron chi connectivity index (χ3n) is 6.34. The Hall–Kier alpha value is -2.22. The molecule has 2 saturated heterocycles. The molecule has 150 valence electrons. The molecule has 0 aliphatic carbocycles. The fraction of sp³-hybridized carbons (Fsp3) is 0.700. The van der Waals surface area contributed by atoms with Crippen molar-refractivity contribution < 1.29 is 9.53 Å². The number of fused-ring (bicyclic) bond motifs is 3. The van der Waals surface area contributed by atoms with E-state index in [2.05, 4.69) is 19.4 Å². The van der Waals surface area contributed by atoms with E-state index in [-0.39, 0.29) is 5.92 Å². The molecule has 1 amide bonds. The molecule has 2 fully saturated rings. The summed E-state index contributed by atoms with van der Waals surface area (Å²) in [4.78, 5) is 31.1. The lowest BCUT2D eigenvalue weighted by Crippen LogP contribution is -2.47. The van der Waals surface area contributed by atoms with E-state index >= 15 is 0 Å². The van der Waals surface area contributed by atoms with Crippen LogP contribution in [0, 0.1) is 5.92 Å². The normalized spacial score (nSPS) is 21.6. The van der Waals surface area contributed by atoms with Gasteiger partial charge in [0.25, 0.3) is 0 Å². The van der Waals surface area contributed by atoms with Crippen LogP contribution in [0.3, 0.4) is 0 Å². The Kier molecular flexibility index (Phi) is 4.88. The van der Waals surface area contributed by atoms with Crippen molar-refractivity contribution in [2.75, 3.05) is 44.3 Å². The van der Waals surface area contributed by atoms with Crippen molar-refractivity contribution in [1.82, 2.24) is 24.4 Å². The highest BCUT2D eigenvalue weighted by Crippen LogP contribution is 2.29. The molecule has 8 heteroatoms. The van der Waals surface area contributed by atoms with Gasteiger partial charge in [0, 0.05) is 45.1 Å². The maximum atomic E-state index is 12.8. The van der Waals surface area contributed by atoms with Crippen LogP contribution in [0.15, 0.2) is 6.33 Å². The second-order valence-electron chi connectivity index (χ2n) is 8.06. The van der Waals surface area contributed by atoms with Crippen LogP contribution >= 0.6 is 0 Å². The monoisotopic (exact) mass is 384 g/mol. The van der Waals surface area contributed by atoms with Crippen molar-refractivity contribution in [1.29, 1.82) is 0 Å². The molecule has 8 nitrogen and oxygen atoms in total. The highest BCUT2D eigenvalue weighted by Gasteiger charge is 2.31. The number of piperidine rings is 1. The number of nitrogens with zero attached hydrogens (tertiary/aromatic N) is 6. The van der Waals surface area contributed by atoms with Gasteiger partial charge in [-0.25, -0.2) is 15.0 Å². The molecule has 0 aromatic carbocycles. The van der Waals surface area contributed by atoms with E-state index in [4.69, 9.17) is 9.72 Å².